The van der Waals surface area contributed by atoms with Crippen LogP contribution in [0.2, 0.25) is 0 Å². The summed E-state index contributed by atoms with van der Waals surface area (Å²) in [5.74, 6) is 0. The van der Waals surface area contributed by atoms with Gasteiger partial charge < -0.3 is 4.90 Å². The molecule has 9 rings (SSSR count). The molecular weight excluding hydrogens is 567 g/mol. The van der Waals surface area contributed by atoms with Crippen molar-refractivity contribution in [3.05, 3.63) is 188 Å². The van der Waals surface area contributed by atoms with Gasteiger partial charge in [-0.15, -0.1) is 0 Å². The molecule has 220 valence electrons. The smallest absolute Gasteiger partial charge is 0.0645 e. The number of hydrogen-bond donors (Lipinski definition) is 0. The van der Waals surface area contributed by atoms with E-state index in [-0.39, 0.29) is 35.4 Å². The largest absolute Gasteiger partial charge is 0.310 e. The number of hydrogen-bond acceptors (Lipinski definition) is 1. The Bertz CT molecular complexity index is 2780. The lowest BCUT2D eigenvalue weighted by Crippen LogP contribution is -2.10. The van der Waals surface area contributed by atoms with Gasteiger partial charge in [-0.25, -0.2) is 0 Å². The highest BCUT2D eigenvalue weighted by molar-refractivity contribution is 6.14. The monoisotopic (exact) mass is 601 g/mol. The summed E-state index contributed by atoms with van der Waals surface area (Å²) < 4.78 is 38.0. The predicted molar refractivity (Wildman–Crippen MR) is 202 cm³/mol. The number of rotatable bonds is 5. The summed E-state index contributed by atoms with van der Waals surface area (Å²) in [6.45, 7) is 0. The van der Waals surface area contributed by atoms with E-state index in [2.05, 4.69) is 78.9 Å². The fourth-order valence-corrected chi connectivity index (χ4v) is 6.79. The zero-order valence-corrected chi connectivity index (χ0v) is 25.5. The Morgan fingerprint density at radius 1 is 0.319 bits per heavy atom. The molecule has 0 bridgehead atoms. The highest BCUT2D eigenvalue weighted by Crippen LogP contribution is 2.43. The first-order chi connectivity index (χ1) is 25.0. The van der Waals surface area contributed by atoms with E-state index in [9.17, 15) is 5.48 Å². The van der Waals surface area contributed by atoms with E-state index in [0.717, 1.165) is 65.6 Å². The van der Waals surface area contributed by atoms with Crippen LogP contribution in [-0.2, 0) is 0 Å². The van der Waals surface area contributed by atoms with Gasteiger partial charge in [0, 0.05) is 16.8 Å². The molecule has 0 aliphatic carbocycles. The molecule has 0 spiro atoms. The lowest BCUT2D eigenvalue weighted by atomic mass is 9.97. The Balaban J connectivity index is 1.31. The van der Waals surface area contributed by atoms with Gasteiger partial charge in [0.15, 0.2) is 0 Å². The second-order valence-corrected chi connectivity index (χ2v) is 11.9. The summed E-state index contributed by atoms with van der Waals surface area (Å²) in [7, 11) is 0. The number of nitrogens with zero attached hydrogens (tertiary/aromatic N) is 1. The molecule has 0 amide bonds. The van der Waals surface area contributed by atoms with Crippen LogP contribution in [0.5, 0.6) is 0 Å². The van der Waals surface area contributed by atoms with Crippen LogP contribution in [0.1, 0.15) is 5.48 Å². The lowest BCUT2D eigenvalue weighted by Gasteiger charge is -2.28. The van der Waals surface area contributed by atoms with E-state index < -0.39 is 0 Å². The van der Waals surface area contributed by atoms with Gasteiger partial charge in [-0.05, 0) is 96.3 Å². The maximum atomic E-state index is 9.58. The fraction of sp³-hybridized carbons (Fsp3) is 0. The Hall–Kier alpha value is -6.18. The Kier molecular flexibility index (Phi) is 5.59. The Morgan fingerprint density at radius 3 is 1.70 bits per heavy atom. The third kappa shape index (κ3) is 4.81. The third-order valence-electron chi connectivity index (χ3n) is 9.07. The molecule has 0 aliphatic heterocycles. The molecule has 0 heterocycles. The Morgan fingerprint density at radius 2 is 0.894 bits per heavy atom. The van der Waals surface area contributed by atoms with Gasteiger partial charge in [0.1, 0.15) is 0 Å². The number of benzene rings is 9. The molecule has 0 aliphatic rings. The zero-order valence-electron chi connectivity index (χ0n) is 29.5. The van der Waals surface area contributed by atoms with Crippen molar-refractivity contribution < 1.29 is 5.48 Å². The molecule has 0 saturated carbocycles. The minimum absolute atomic E-state index is 0.0829. The maximum absolute atomic E-state index is 9.58. The van der Waals surface area contributed by atoms with Gasteiger partial charge in [0.2, 0.25) is 0 Å². The first-order valence-electron chi connectivity index (χ1n) is 17.9. The molecule has 0 fully saturated rings. The highest BCUT2D eigenvalue weighted by atomic mass is 15.1. The maximum Gasteiger partial charge on any atom is 0.0645 e. The lowest BCUT2D eigenvalue weighted by molar-refractivity contribution is 1.30. The van der Waals surface area contributed by atoms with Crippen molar-refractivity contribution in [1.29, 1.82) is 0 Å². The zero-order chi connectivity index (χ0) is 34.6. The van der Waals surface area contributed by atoms with Crippen LogP contribution in [0.15, 0.2) is 188 Å². The summed E-state index contributed by atoms with van der Waals surface area (Å²) >= 11 is 0. The van der Waals surface area contributed by atoms with Crippen LogP contribution >= 0.6 is 0 Å². The Labute approximate surface area is 280 Å². The standard InChI is InChI=1S/C46H31N/c1-2-11-32(12-3-1)35-15-10-16-40(30-35)47(46-31-37-14-5-7-18-42(37)44-19-8-9-20-45(44)46)39-26-23-33(24-27-39)36-25-28-43-38(29-36)22-21-34-13-4-6-17-41(34)43/h1-31H/i23D,24D,26D,27D. The molecule has 1 heteroatoms. The predicted octanol–water partition coefficient (Wildman–Crippen LogP) is 13.1. The topological polar surface area (TPSA) is 3.24 Å². The molecule has 47 heavy (non-hydrogen) atoms. The van der Waals surface area contributed by atoms with E-state index in [1.165, 1.54) is 0 Å². The van der Waals surface area contributed by atoms with E-state index >= 15 is 0 Å². The van der Waals surface area contributed by atoms with Crippen molar-refractivity contribution >= 4 is 60.2 Å². The number of anilines is 3. The summed E-state index contributed by atoms with van der Waals surface area (Å²) in [5, 5.41) is 8.45. The first kappa shape index (κ1) is 23.2. The van der Waals surface area contributed by atoms with Crippen LogP contribution in [-0.4, -0.2) is 0 Å². The second-order valence-electron chi connectivity index (χ2n) is 11.9. The van der Waals surface area contributed by atoms with Crippen LogP contribution in [0.4, 0.5) is 17.1 Å². The minimum Gasteiger partial charge on any atom is -0.310 e. The molecule has 0 atom stereocenters. The molecule has 0 N–H and O–H groups in total. The van der Waals surface area contributed by atoms with Crippen molar-refractivity contribution in [2.45, 2.75) is 0 Å². The van der Waals surface area contributed by atoms with E-state index in [0.29, 0.717) is 5.56 Å². The van der Waals surface area contributed by atoms with E-state index in [4.69, 9.17) is 0 Å². The molecule has 0 aromatic heterocycles. The number of fused-ring (bicyclic) bond motifs is 6. The van der Waals surface area contributed by atoms with E-state index in [1.54, 1.807) is 0 Å². The van der Waals surface area contributed by atoms with Crippen LogP contribution in [0.3, 0.4) is 0 Å². The summed E-state index contributed by atoms with van der Waals surface area (Å²) in [4.78, 5) is 1.91. The van der Waals surface area contributed by atoms with Crippen molar-refractivity contribution in [2.24, 2.45) is 0 Å². The molecule has 0 unspecified atom stereocenters. The molecule has 1 nitrogen and oxygen atoms in total. The summed E-state index contributed by atoms with van der Waals surface area (Å²) in [5.41, 5.74) is 4.68. The van der Waals surface area contributed by atoms with Crippen LogP contribution < -0.4 is 4.90 Å². The van der Waals surface area contributed by atoms with Gasteiger partial charge in [0.25, 0.3) is 0 Å². The quantitative estimate of drug-likeness (QED) is 0.177. The minimum atomic E-state index is -0.105. The van der Waals surface area contributed by atoms with Crippen molar-refractivity contribution in [3.8, 4) is 22.3 Å². The third-order valence-corrected chi connectivity index (χ3v) is 9.07. The normalized spacial score (nSPS) is 12.6. The SMILES string of the molecule is [2H]c1c([2H])c(N(c2cccc(-c3ccccc3)c2)c2cc3ccccc3c3ccccc23)c([2H])c([2H])c1-c1ccc2c(ccc3ccccc32)c1. The highest BCUT2D eigenvalue weighted by Gasteiger charge is 2.18. The van der Waals surface area contributed by atoms with Crippen molar-refractivity contribution in [2.75, 3.05) is 4.90 Å². The van der Waals surface area contributed by atoms with Gasteiger partial charge in [-0.3, -0.25) is 0 Å². The molecule has 0 saturated heterocycles. The molecular formula is C46H31N. The van der Waals surface area contributed by atoms with E-state index in [1.807, 2.05) is 89.8 Å². The fourth-order valence-electron chi connectivity index (χ4n) is 6.79. The molecule has 0 radical (unpaired) electrons. The van der Waals surface area contributed by atoms with Crippen molar-refractivity contribution in [3.63, 3.8) is 0 Å². The molecule has 9 aromatic rings. The van der Waals surface area contributed by atoms with Crippen LogP contribution in [0, 0.1) is 0 Å². The van der Waals surface area contributed by atoms with Gasteiger partial charge in [0.05, 0.1) is 11.2 Å². The van der Waals surface area contributed by atoms with Crippen molar-refractivity contribution in [1.82, 2.24) is 0 Å². The second kappa shape index (κ2) is 11.3. The van der Waals surface area contributed by atoms with Gasteiger partial charge in [-0.1, -0.05) is 152 Å². The molecule has 9 aromatic carbocycles. The summed E-state index contributed by atoms with van der Waals surface area (Å²) in [6.07, 6.45) is 0. The van der Waals surface area contributed by atoms with Crippen LogP contribution in [0.25, 0.3) is 65.3 Å². The average molecular weight is 602 g/mol. The van der Waals surface area contributed by atoms with Gasteiger partial charge in [-0.2, -0.15) is 0 Å². The first-order valence-corrected chi connectivity index (χ1v) is 15.9. The summed E-state index contributed by atoms with van der Waals surface area (Å²) in [6, 6.07) is 54.6. The van der Waals surface area contributed by atoms with Gasteiger partial charge >= 0.3 is 0 Å². The average Bonchev–Trinajstić information content (AvgIpc) is 3.19.